The Labute approximate surface area is 164 Å². The van der Waals surface area contributed by atoms with Crippen LogP contribution in [0, 0.1) is 0 Å². The summed E-state index contributed by atoms with van der Waals surface area (Å²) in [4.78, 5) is 16.7. The smallest absolute Gasteiger partial charge is 0.291 e. The van der Waals surface area contributed by atoms with E-state index in [4.69, 9.17) is 4.42 Å². The minimum atomic E-state index is -0.273. The normalized spacial score (nSPS) is 11.2. The molecule has 0 saturated carbocycles. The van der Waals surface area contributed by atoms with E-state index in [2.05, 4.69) is 25.5 Å². The van der Waals surface area contributed by atoms with E-state index in [0.29, 0.717) is 12.2 Å². The van der Waals surface area contributed by atoms with Crippen molar-refractivity contribution < 1.29 is 9.21 Å². The van der Waals surface area contributed by atoms with E-state index in [9.17, 15) is 4.79 Å². The average molecular weight is 379 g/mol. The van der Waals surface area contributed by atoms with Gasteiger partial charge in [0.15, 0.2) is 11.7 Å². The van der Waals surface area contributed by atoms with Crippen molar-refractivity contribution >= 4 is 17.6 Å². The molecule has 1 amide bonds. The highest BCUT2D eigenvalue weighted by atomic mass is 16.3. The maximum absolute atomic E-state index is 12.1. The van der Waals surface area contributed by atoms with Gasteiger partial charge in [-0.2, -0.15) is 0 Å². The number of hydrogen-bond acceptors (Lipinski definition) is 3. The molecule has 0 bridgehead atoms. The van der Waals surface area contributed by atoms with E-state index < -0.39 is 0 Å². The summed E-state index contributed by atoms with van der Waals surface area (Å²) < 4.78 is 7.23. The first kappa shape index (κ1) is 19.3. The third-order valence-electron chi connectivity index (χ3n) is 4.02. The van der Waals surface area contributed by atoms with Gasteiger partial charge in [-0.3, -0.25) is 4.79 Å². The molecule has 2 aromatic heterocycles. The summed E-state index contributed by atoms with van der Waals surface area (Å²) in [7, 11) is 0. The van der Waals surface area contributed by atoms with Crippen molar-refractivity contribution in [2.45, 2.75) is 20.0 Å². The number of nitrogens with zero attached hydrogens (tertiary/aromatic N) is 2. The number of aromatic nitrogens is 1. The predicted molar refractivity (Wildman–Crippen MR) is 110 cm³/mol. The summed E-state index contributed by atoms with van der Waals surface area (Å²) in [5, 5.41) is 9.41. The van der Waals surface area contributed by atoms with E-state index >= 15 is 0 Å². The molecule has 2 heterocycles. The SMILES string of the molecule is CCNC(=NCc1cccc(NC(=O)c2ccco2)c1)NCCn1cccc1. The molecule has 3 rings (SSSR count). The minimum absolute atomic E-state index is 0.273. The van der Waals surface area contributed by atoms with Crippen molar-refractivity contribution in [1.82, 2.24) is 15.2 Å². The van der Waals surface area contributed by atoms with Crippen molar-refractivity contribution in [3.63, 3.8) is 0 Å². The Bertz CT molecular complexity index is 885. The third-order valence-corrected chi connectivity index (χ3v) is 4.02. The number of guanidine groups is 1. The Morgan fingerprint density at radius 3 is 2.71 bits per heavy atom. The van der Waals surface area contributed by atoms with E-state index in [1.54, 1.807) is 12.1 Å². The summed E-state index contributed by atoms with van der Waals surface area (Å²) in [5.41, 5.74) is 1.71. The number of benzene rings is 1. The van der Waals surface area contributed by atoms with Crippen LogP contribution in [0.4, 0.5) is 5.69 Å². The monoisotopic (exact) mass is 379 g/mol. The average Bonchev–Trinajstić information content (AvgIpc) is 3.40. The van der Waals surface area contributed by atoms with Crippen LogP contribution in [0.1, 0.15) is 23.0 Å². The largest absolute Gasteiger partial charge is 0.459 e. The molecule has 7 nitrogen and oxygen atoms in total. The highest BCUT2D eigenvalue weighted by Gasteiger charge is 2.08. The Morgan fingerprint density at radius 2 is 1.96 bits per heavy atom. The van der Waals surface area contributed by atoms with Gasteiger partial charge in [0.25, 0.3) is 5.91 Å². The lowest BCUT2D eigenvalue weighted by Gasteiger charge is -2.12. The van der Waals surface area contributed by atoms with E-state index in [1.807, 2.05) is 55.7 Å². The van der Waals surface area contributed by atoms with Crippen molar-refractivity contribution in [1.29, 1.82) is 0 Å². The Hall–Kier alpha value is -3.48. The van der Waals surface area contributed by atoms with Crippen LogP contribution in [0.2, 0.25) is 0 Å². The third kappa shape index (κ3) is 5.77. The molecule has 0 atom stereocenters. The first-order valence-corrected chi connectivity index (χ1v) is 9.31. The summed E-state index contributed by atoms with van der Waals surface area (Å²) in [6.45, 7) is 4.97. The van der Waals surface area contributed by atoms with Crippen LogP contribution < -0.4 is 16.0 Å². The molecule has 28 heavy (non-hydrogen) atoms. The molecule has 0 radical (unpaired) electrons. The molecule has 3 aromatic rings. The molecule has 0 spiro atoms. The fourth-order valence-electron chi connectivity index (χ4n) is 2.68. The van der Waals surface area contributed by atoms with Crippen molar-refractivity contribution in [3.8, 4) is 0 Å². The molecular weight excluding hydrogens is 354 g/mol. The van der Waals surface area contributed by atoms with Gasteiger partial charge >= 0.3 is 0 Å². The first-order chi connectivity index (χ1) is 13.7. The predicted octanol–water partition coefficient (Wildman–Crippen LogP) is 3.09. The lowest BCUT2D eigenvalue weighted by Crippen LogP contribution is -2.38. The van der Waals surface area contributed by atoms with Crippen molar-refractivity contribution in [2.24, 2.45) is 4.99 Å². The van der Waals surface area contributed by atoms with Gasteiger partial charge in [0.05, 0.1) is 12.8 Å². The van der Waals surface area contributed by atoms with Gasteiger partial charge in [0.2, 0.25) is 0 Å². The van der Waals surface area contributed by atoms with Crippen LogP contribution in [-0.4, -0.2) is 29.5 Å². The first-order valence-electron chi connectivity index (χ1n) is 9.31. The lowest BCUT2D eigenvalue weighted by atomic mass is 10.2. The fraction of sp³-hybridized carbons (Fsp3) is 0.238. The molecule has 0 unspecified atom stereocenters. The van der Waals surface area contributed by atoms with Gasteiger partial charge in [-0.1, -0.05) is 12.1 Å². The molecule has 146 valence electrons. The van der Waals surface area contributed by atoms with Gasteiger partial charge in [-0.05, 0) is 48.9 Å². The highest BCUT2D eigenvalue weighted by Crippen LogP contribution is 2.13. The number of carbonyl (C=O) groups excluding carboxylic acids is 1. The van der Waals surface area contributed by atoms with Crippen molar-refractivity contribution in [3.05, 3.63) is 78.5 Å². The summed E-state index contributed by atoms with van der Waals surface area (Å²) >= 11 is 0. The van der Waals surface area contributed by atoms with E-state index in [-0.39, 0.29) is 11.7 Å². The molecule has 0 aliphatic heterocycles. The van der Waals surface area contributed by atoms with Gasteiger partial charge in [0.1, 0.15) is 0 Å². The molecule has 0 aliphatic rings. The Morgan fingerprint density at radius 1 is 1.11 bits per heavy atom. The van der Waals surface area contributed by atoms with Crippen LogP contribution in [0.3, 0.4) is 0 Å². The molecule has 0 fully saturated rings. The van der Waals surface area contributed by atoms with Crippen molar-refractivity contribution in [2.75, 3.05) is 18.4 Å². The van der Waals surface area contributed by atoms with Crippen LogP contribution in [0.25, 0.3) is 0 Å². The summed E-state index contributed by atoms with van der Waals surface area (Å²) in [6, 6.07) is 15.0. The fourth-order valence-corrected chi connectivity index (χ4v) is 2.68. The maximum Gasteiger partial charge on any atom is 0.291 e. The molecule has 0 saturated heterocycles. The quantitative estimate of drug-likeness (QED) is 0.415. The number of rotatable bonds is 8. The van der Waals surface area contributed by atoms with Crippen LogP contribution in [0.5, 0.6) is 0 Å². The second kappa shape index (κ2) is 10.0. The van der Waals surface area contributed by atoms with Crippen LogP contribution >= 0.6 is 0 Å². The zero-order chi connectivity index (χ0) is 19.6. The van der Waals surface area contributed by atoms with Gasteiger partial charge in [0, 0.05) is 37.7 Å². The zero-order valence-electron chi connectivity index (χ0n) is 15.9. The number of anilines is 1. The molecular formula is C21H25N5O2. The minimum Gasteiger partial charge on any atom is -0.459 e. The Balaban J connectivity index is 1.56. The molecule has 0 aliphatic carbocycles. The highest BCUT2D eigenvalue weighted by molar-refractivity contribution is 6.02. The number of nitrogens with one attached hydrogen (secondary N) is 3. The van der Waals surface area contributed by atoms with Gasteiger partial charge in [-0.25, -0.2) is 4.99 Å². The zero-order valence-corrected chi connectivity index (χ0v) is 15.9. The van der Waals surface area contributed by atoms with Crippen LogP contribution in [0.15, 0.2) is 76.6 Å². The van der Waals surface area contributed by atoms with E-state index in [0.717, 1.165) is 31.2 Å². The summed E-state index contributed by atoms with van der Waals surface area (Å²) in [5.74, 6) is 0.773. The molecule has 7 heteroatoms. The number of hydrogen-bond donors (Lipinski definition) is 3. The van der Waals surface area contributed by atoms with E-state index in [1.165, 1.54) is 6.26 Å². The van der Waals surface area contributed by atoms with Gasteiger partial charge < -0.3 is 24.9 Å². The number of amides is 1. The van der Waals surface area contributed by atoms with Gasteiger partial charge in [-0.15, -0.1) is 0 Å². The maximum atomic E-state index is 12.1. The molecule has 1 aromatic carbocycles. The number of carbonyl (C=O) groups is 1. The number of furan rings is 1. The Kier molecular flexibility index (Phi) is 6.89. The second-order valence-electron chi connectivity index (χ2n) is 6.17. The number of aliphatic imine (C=N–C) groups is 1. The second-order valence-corrected chi connectivity index (χ2v) is 6.17. The lowest BCUT2D eigenvalue weighted by molar-refractivity contribution is 0.0996. The van der Waals surface area contributed by atoms with Crippen LogP contribution in [-0.2, 0) is 13.1 Å². The standard InChI is InChI=1S/C21H25N5O2/c1-2-22-21(23-10-13-26-11-3-4-12-26)24-16-17-7-5-8-18(15-17)25-20(27)19-9-6-14-28-19/h3-9,11-12,14-15H,2,10,13,16H2,1H3,(H,25,27)(H2,22,23,24). The summed E-state index contributed by atoms with van der Waals surface area (Å²) in [6.07, 6.45) is 5.55. The molecule has 3 N–H and O–H groups in total. The topological polar surface area (TPSA) is 83.6 Å².